The summed E-state index contributed by atoms with van der Waals surface area (Å²) >= 11 is 0. The molecular formula is C28H27F4N7O3S. The lowest BCUT2D eigenvalue weighted by molar-refractivity contribution is -0.137. The number of hydrogen-bond donors (Lipinski definition) is 0. The van der Waals surface area contributed by atoms with Crippen LogP contribution in [0.1, 0.15) is 53.6 Å². The van der Waals surface area contributed by atoms with E-state index in [1.54, 1.807) is 36.9 Å². The van der Waals surface area contributed by atoms with Gasteiger partial charge in [0.25, 0.3) is 10.0 Å². The number of aromatic nitrogens is 6. The van der Waals surface area contributed by atoms with E-state index in [0.29, 0.717) is 23.7 Å². The Morgan fingerprint density at radius 2 is 1.84 bits per heavy atom. The lowest BCUT2D eigenvalue weighted by atomic mass is 9.60. The minimum Gasteiger partial charge on any atom is -0.292 e. The summed E-state index contributed by atoms with van der Waals surface area (Å²) in [6.45, 7) is 3.37. The van der Waals surface area contributed by atoms with Crippen LogP contribution in [0.3, 0.4) is 0 Å². The third-order valence-electron chi connectivity index (χ3n) is 8.26. The summed E-state index contributed by atoms with van der Waals surface area (Å²) in [6, 6.07) is 7.06. The maximum Gasteiger partial charge on any atom is 0.416 e. The molecular weight excluding hydrogens is 590 g/mol. The summed E-state index contributed by atoms with van der Waals surface area (Å²) in [4.78, 5) is 19.6. The van der Waals surface area contributed by atoms with Crippen LogP contribution in [0.4, 0.5) is 17.6 Å². The molecule has 3 aromatic heterocycles. The number of sulfonamides is 1. The van der Waals surface area contributed by atoms with Gasteiger partial charge in [-0.2, -0.15) is 32.5 Å². The van der Waals surface area contributed by atoms with Crippen molar-refractivity contribution < 1.29 is 30.8 Å². The number of nitrogens with zero attached hydrogens (tertiary/aromatic N) is 7. The molecule has 15 heteroatoms. The minimum atomic E-state index is -4.70. The maximum atomic E-state index is 14.3. The summed E-state index contributed by atoms with van der Waals surface area (Å²) in [5, 5.41) is 12.3. The molecule has 1 aromatic carbocycles. The zero-order valence-electron chi connectivity index (χ0n) is 23.2. The van der Waals surface area contributed by atoms with E-state index in [0.717, 1.165) is 24.2 Å². The van der Waals surface area contributed by atoms with Crippen LogP contribution in [0.25, 0.3) is 5.69 Å². The van der Waals surface area contributed by atoms with E-state index < -0.39 is 44.7 Å². The van der Waals surface area contributed by atoms with Crippen molar-refractivity contribution >= 4 is 15.8 Å². The second kappa shape index (κ2) is 10.3. The number of rotatable bonds is 6. The van der Waals surface area contributed by atoms with E-state index in [1.165, 1.54) is 21.2 Å². The van der Waals surface area contributed by atoms with Crippen molar-refractivity contribution in [2.75, 3.05) is 13.1 Å². The third-order valence-corrected chi connectivity index (χ3v) is 9.97. The Kier molecular flexibility index (Phi) is 6.99. The standard InChI is InChI=1S/C28H27F4N7O3S/c1-17(2)39-35-15-25(36-39)43(41,42)37-10-8-19-12-24-18(14-34-38(24)22-5-3-21(29)4-6-22)13-27(19,16-37)26(40)23-11-20(7-9-33-23)28(30,31)32/h3-7,9,11,14-15,17,19H,8,10,12-13,16H2,1-2H3/t19-,27-/m0/s1. The van der Waals surface area contributed by atoms with Crippen LogP contribution >= 0.6 is 0 Å². The molecule has 0 amide bonds. The highest BCUT2D eigenvalue weighted by atomic mass is 32.2. The molecule has 10 nitrogen and oxygen atoms in total. The molecule has 0 unspecified atom stereocenters. The zero-order chi connectivity index (χ0) is 30.7. The van der Waals surface area contributed by atoms with E-state index in [9.17, 15) is 30.8 Å². The number of piperidine rings is 1. The van der Waals surface area contributed by atoms with Crippen molar-refractivity contribution in [3.05, 3.63) is 83.3 Å². The maximum absolute atomic E-state index is 14.3. The van der Waals surface area contributed by atoms with Crippen molar-refractivity contribution in [2.45, 2.75) is 50.4 Å². The Labute approximate surface area is 244 Å². The molecule has 6 rings (SSSR count). The van der Waals surface area contributed by atoms with E-state index in [-0.39, 0.29) is 42.7 Å². The Bertz CT molecular complexity index is 1800. The highest BCUT2D eigenvalue weighted by Gasteiger charge is 2.55. The first-order chi connectivity index (χ1) is 20.3. The fourth-order valence-corrected chi connectivity index (χ4v) is 7.41. The SMILES string of the molecule is CC(C)n1ncc(S(=O)(=O)N2CC[C@H]3Cc4c(cnn4-c4ccc(F)cc4)C[C@]3(C(=O)c3cc(C(F)(F)F)ccn3)C2)n1. The van der Waals surface area contributed by atoms with Gasteiger partial charge in [0.15, 0.2) is 5.78 Å². The molecule has 0 saturated carbocycles. The summed E-state index contributed by atoms with van der Waals surface area (Å²) in [5.74, 6) is -1.53. The number of carbonyl (C=O) groups excluding carboxylic acids is 1. The quantitative estimate of drug-likeness (QED) is 0.234. The first kappa shape index (κ1) is 29.1. The first-order valence-electron chi connectivity index (χ1n) is 13.6. The van der Waals surface area contributed by atoms with Crippen LogP contribution in [-0.4, -0.2) is 61.4 Å². The number of fused-ring (bicyclic) bond motifs is 2. The zero-order valence-corrected chi connectivity index (χ0v) is 24.0. The van der Waals surface area contributed by atoms with Crippen LogP contribution in [0.15, 0.2) is 60.0 Å². The normalized spacial score (nSPS) is 21.0. The van der Waals surface area contributed by atoms with E-state index in [4.69, 9.17) is 0 Å². The van der Waals surface area contributed by atoms with Crippen molar-refractivity contribution in [3.8, 4) is 5.69 Å². The van der Waals surface area contributed by atoms with Gasteiger partial charge in [-0.25, -0.2) is 17.5 Å². The molecule has 1 saturated heterocycles. The molecule has 226 valence electrons. The second-order valence-corrected chi connectivity index (χ2v) is 13.1. The molecule has 4 aromatic rings. The summed E-state index contributed by atoms with van der Waals surface area (Å²) in [6.07, 6.45) is -0.485. The van der Waals surface area contributed by atoms with Crippen molar-refractivity contribution in [1.29, 1.82) is 0 Å². The fraction of sp³-hybridized carbons (Fsp3) is 0.393. The molecule has 0 radical (unpaired) electrons. The van der Waals surface area contributed by atoms with E-state index >= 15 is 0 Å². The van der Waals surface area contributed by atoms with Crippen LogP contribution in [0.2, 0.25) is 0 Å². The van der Waals surface area contributed by atoms with E-state index in [2.05, 4.69) is 20.3 Å². The molecule has 2 aliphatic rings. The van der Waals surface area contributed by atoms with Gasteiger partial charge in [0.2, 0.25) is 5.03 Å². The monoisotopic (exact) mass is 617 g/mol. The Hall–Kier alpha value is -3.98. The Morgan fingerprint density at radius 1 is 1.09 bits per heavy atom. The third kappa shape index (κ3) is 5.03. The van der Waals surface area contributed by atoms with Gasteiger partial charge < -0.3 is 0 Å². The summed E-state index contributed by atoms with van der Waals surface area (Å²) < 4.78 is 84.6. The van der Waals surface area contributed by atoms with Crippen LogP contribution < -0.4 is 0 Å². The van der Waals surface area contributed by atoms with Crippen LogP contribution in [0, 0.1) is 17.2 Å². The average Bonchev–Trinajstić information content (AvgIpc) is 3.64. The second-order valence-electron chi connectivity index (χ2n) is 11.2. The molecule has 1 aliphatic heterocycles. The number of carbonyl (C=O) groups is 1. The summed E-state index contributed by atoms with van der Waals surface area (Å²) in [5.41, 5.74) is -0.821. The molecule has 1 fully saturated rings. The van der Waals surface area contributed by atoms with Gasteiger partial charge in [-0.3, -0.25) is 9.78 Å². The molecule has 0 N–H and O–H groups in total. The largest absolute Gasteiger partial charge is 0.416 e. The number of benzene rings is 1. The summed E-state index contributed by atoms with van der Waals surface area (Å²) in [7, 11) is -4.20. The Morgan fingerprint density at radius 3 is 2.51 bits per heavy atom. The van der Waals surface area contributed by atoms with Gasteiger partial charge in [0, 0.05) is 25.0 Å². The van der Waals surface area contributed by atoms with Crippen molar-refractivity contribution in [3.63, 3.8) is 0 Å². The molecule has 0 spiro atoms. The fourth-order valence-electron chi connectivity index (χ4n) is 6.04. The number of halogens is 4. The molecule has 1 aliphatic carbocycles. The van der Waals surface area contributed by atoms with E-state index in [1.807, 2.05) is 0 Å². The highest BCUT2D eigenvalue weighted by molar-refractivity contribution is 7.89. The molecule has 2 atom stereocenters. The minimum absolute atomic E-state index is 0.0235. The topological polar surface area (TPSA) is 116 Å². The lowest BCUT2D eigenvalue weighted by Crippen LogP contribution is -2.57. The molecule has 4 heterocycles. The van der Waals surface area contributed by atoms with Crippen molar-refractivity contribution in [1.82, 2.24) is 34.1 Å². The van der Waals surface area contributed by atoms with Crippen LogP contribution in [0.5, 0.6) is 0 Å². The highest BCUT2D eigenvalue weighted by Crippen LogP contribution is 2.48. The van der Waals surface area contributed by atoms with Gasteiger partial charge in [0.05, 0.1) is 35.1 Å². The predicted octanol–water partition coefficient (Wildman–Crippen LogP) is 4.28. The van der Waals surface area contributed by atoms with Crippen molar-refractivity contribution in [2.24, 2.45) is 11.3 Å². The number of pyridine rings is 1. The first-order valence-corrected chi connectivity index (χ1v) is 15.1. The molecule has 0 bridgehead atoms. The number of hydrogen-bond acceptors (Lipinski definition) is 7. The molecule has 43 heavy (non-hydrogen) atoms. The number of Topliss-reactive ketones (excluding diaryl/α,β-unsaturated/α-hetero) is 1. The number of alkyl halides is 3. The average molecular weight is 618 g/mol. The van der Waals surface area contributed by atoms with Crippen LogP contribution in [-0.2, 0) is 29.0 Å². The smallest absolute Gasteiger partial charge is 0.292 e. The Balaban J connectivity index is 1.43. The predicted molar refractivity (Wildman–Crippen MR) is 144 cm³/mol. The van der Waals surface area contributed by atoms with Gasteiger partial charge in [-0.05, 0) is 81.0 Å². The van der Waals surface area contributed by atoms with Gasteiger partial charge >= 0.3 is 6.18 Å². The van der Waals surface area contributed by atoms with Gasteiger partial charge in [0.1, 0.15) is 11.5 Å². The number of ketones is 1. The lowest BCUT2D eigenvalue weighted by Gasteiger charge is -2.48. The van der Waals surface area contributed by atoms with Gasteiger partial charge in [-0.1, -0.05) is 0 Å². The van der Waals surface area contributed by atoms with Gasteiger partial charge in [-0.15, -0.1) is 5.10 Å².